The quantitative estimate of drug-likeness (QED) is 0.883. The number of hydrogen-bond donors (Lipinski definition) is 1. The van der Waals surface area contributed by atoms with E-state index in [2.05, 4.69) is 37.4 Å². The third kappa shape index (κ3) is 2.64. The predicted molar refractivity (Wildman–Crippen MR) is 78.6 cm³/mol. The topological polar surface area (TPSA) is 21.3 Å². The number of hydrogen-bond acceptors (Lipinski definition) is 2. The van der Waals surface area contributed by atoms with Crippen LogP contribution in [0.5, 0.6) is 5.75 Å². The molecule has 1 aromatic rings. The second-order valence-electron chi connectivity index (χ2n) is 6.13. The average Bonchev–Trinajstić information content (AvgIpc) is 2.34. The lowest BCUT2D eigenvalue weighted by molar-refractivity contribution is 0.0531. The Labute approximate surface area is 116 Å². The Morgan fingerprint density at radius 2 is 2.16 bits per heavy atom. The van der Waals surface area contributed by atoms with Gasteiger partial charge in [-0.1, -0.05) is 31.0 Å². The fraction of sp³-hybridized carbons (Fsp3) is 0.647. The van der Waals surface area contributed by atoms with Crippen LogP contribution in [0.2, 0.25) is 0 Å². The van der Waals surface area contributed by atoms with E-state index in [9.17, 15) is 0 Å². The molecule has 1 aromatic carbocycles. The van der Waals surface area contributed by atoms with E-state index >= 15 is 0 Å². The normalized spacial score (nSPS) is 26.4. The summed E-state index contributed by atoms with van der Waals surface area (Å²) in [5, 5.41) is 3.71. The fourth-order valence-electron chi connectivity index (χ4n) is 3.23. The Hall–Kier alpha value is -1.02. The maximum absolute atomic E-state index is 6.26. The molecule has 2 atom stereocenters. The smallest absolute Gasteiger partial charge is 0.124 e. The SMILES string of the molecule is CCCNC1CC(C2CCC2)Oc2ccc(C)cc21. The van der Waals surface area contributed by atoms with Crippen LogP contribution in [0.15, 0.2) is 18.2 Å². The first-order chi connectivity index (χ1) is 9.28. The largest absolute Gasteiger partial charge is 0.490 e. The highest BCUT2D eigenvalue weighted by Crippen LogP contribution is 2.42. The first kappa shape index (κ1) is 13.0. The van der Waals surface area contributed by atoms with Gasteiger partial charge < -0.3 is 10.1 Å². The number of ether oxygens (including phenoxy) is 1. The standard InChI is InChI=1S/C17H25NO/c1-3-9-18-15-11-17(13-5-4-6-13)19-16-8-7-12(2)10-14(15)16/h7-8,10,13,15,17-18H,3-6,9,11H2,1-2H3. The Kier molecular flexibility index (Phi) is 3.79. The summed E-state index contributed by atoms with van der Waals surface area (Å²) in [6.45, 7) is 5.48. The predicted octanol–water partition coefficient (Wildman–Crippen LogP) is 3.99. The van der Waals surface area contributed by atoms with Crippen molar-refractivity contribution in [3.8, 4) is 5.75 Å². The molecular weight excluding hydrogens is 234 g/mol. The molecule has 0 aromatic heterocycles. The molecule has 3 rings (SSSR count). The third-order valence-electron chi connectivity index (χ3n) is 4.60. The fourth-order valence-corrected chi connectivity index (χ4v) is 3.23. The van der Waals surface area contributed by atoms with Gasteiger partial charge in [-0.15, -0.1) is 0 Å². The van der Waals surface area contributed by atoms with Crippen molar-refractivity contribution in [2.45, 2.75) is 58.1 Å². The maximum atomic E-state index is 6.26. The van der Waals surface area contributed by atoms with E-state index in [1.165, 1.54) is 36.8 Å². The van der Waals surface area contributed by atoms with Gasteiger partial charge in [0.25, 0.3) is 0 Å². The number of aryl methyl sites for hydroxylation is 1. The van der Waals surface area contributed by atoms with E-state index < -0.39 is 0 Å². The molecule has 0 saturated heterocycles. The Bertz CT molecular complexity index is 439. The van der Waals surface area contributed by atoms with Gasteiger partial charge in [0, 0.05) is 18.0 Å². The molecule has 2 heteroatoms. The lowest BCUT2D eigenvalue weighted by atomic mass is 9.77. The molecule has 1 saturated carbocycles. The Morgan fingerprint density at radius 1 is 1.32 bits per heavy atom. The summed E-state index contributed by atoms with van der Waals surface area (Å²) in [5.41, 5.74) is 2.69. The van der Waals surface area contributed by atoms with Crippen LogP contribution in [0.3, 0.4) is 0 Å². The van der Waals surface area contributed by atoms with Crippen molar-refractivity contribution in [1.29, 1.82) is 0 Å². The number of nitrogens with one attached hydrogen (secondary N) is 1. The molecular formula is C17H25NO. The molecule has 0 amide bonds. The van der Waals surface area contributed by atoms with E-state index in [4.69, 9.17) is 4.74 Å². The molecule has 1 N–H and O–H groups in total. The highest BCUT2D eigenvalue weighted by molar-refractivity contribution is 5.41. The van der Waals surface area contributed by atoms with Crippen molar-refractivity contribution in [1.82, 2.24) is 5.32 Å². The molecule has 19 heavy (non-hydrogen) atoms. The summed E-state index contributed by atoms with van der Waals surface area (Å²) < 4.78 is 6.26. The molecule has 2 unspecified atom stereocenters. The summed E-state index contributed by atoms with van der Waals surface area (Å²) in [7, 11) is 0. The molecule has 1 aliphatic heterocycles. The van der Waals surface area contributed by atoms with Gasteiger partial charge in [0.1, 0.15) is 11.9 Å². The van der Waals surface area contributed by atoms with Crippen LogP contribution >= 0.6 is 0 Å². The molecule has 0 radical (unpaired) electrons. The van der Waals surface area contributed by atoms with Crippen LogP contribution in [-0.2, 0) is 0 Å². The van der Waals surface area contributed by atoms with E-state index in [1.54, 1.807) is 0 Å². The summed E-state index contributed by atoms with van der Waals surface area (Å²) in [5.74, 6) is 1.91. The average molecular weight is 259 g/mol. The van der Waals surface area contributed by atoms with Gasteiger partial charge >= 0.3 is 0 Å². The number of rotatable bonds is 4. The number of fused-ring (bicyclic) bond motifs is 1. The van der Waals surface area contributed by atoms with Crippen LogP contribution in [-0.4, -0.2) is 12.6 Å². The van der Waals surface area contributed by atoms with Crippen molar-refractivity contribution in [3.63, 3.8) is 0 Å². The van der Waals surface area contributed by atoms with Gasteiger partial charge in [0.05, 0.1) is 0 Å². The molecule has 2 nitrogen and oxygen atoms in total. The lowest BCUT2D eigenvalue weighted by Gasteiger charge is -2.40. The minimum Gasteiger partial charge on any atom is -0.490 e. The summed E-state index contributed by atoms with van der Waals surface area (Å²) in [4.78, 5) is 0. The third-order valence-corrected chi connectivity index (χ3v) is 4.60. The lowest BCUT2D eigenvalue weighted by Crippen LogP contribution is -2.40. The van der Waals surface area contributed by atoms with E-state index in [-0.39, 0.29) is 0 Å². The zero-order valence-corrected chi connectivity index (χ0v) is 12.1. The molecule has 104 valence electrons. The van der Waals surface area contributed by atoms with Crippen molar-refractivity contribution in [2.75, 3.05) is 6.54 Å². The van der Waals surface area contributed by atoms with Crippen molar-refractivity contribution in [2.24, 2.45) is 5.92 Å². The zero-order valence-electron chi connectivity index (χ0n) is 12.1. The van der Waals surface area contributed by atoms with E-state index in [0.717, 1.165) is 24.6 Å². The summed E-state index contributed by atoms with van der Waals surface area (Å²) in [6, 6.07) is 7.10. The Morgan fingerprint density at radius 3 is 2.84 bits per heavy atom. The molecule has 0 bridgehead atoms. The van der Waals surface area contributed by atoms with Crippen LogP contribution in [0.4, 0.5) is 0 Å². The minimum atomic E-state index is 0.429. The highest BCUT2D eigenvalue weighted by atomic mass is 16.5. The molecule has 1 aliphatic carbocycles. The highest BCUT2D eigenvalue weighted by Gasteiger charge is 2.35. The van der Waals surface area contributed by atoms with Gasteiger partial charge in [-0.2, -0.15) is 0 Å². The van der Waals surface area contributed by atoms with Crippen molar-refractivity contribution < 1.29 is 4.74 Å². The second kappa shape index (κ2) is 5.54. The van der Waals surface area contributed by atoms with Gasteiger partial charge in [0.2, 0.25) is 0 Å². The second-order valence-corrected chi connectivity index (χ2v) is 6.13. The van der Waals surface area contributed by atoms with Gasteiger partial charge in [-0.05, 0) is 44.7 Å². The van der Waals surface area contributed by atoms with Crippen LogP contribution in [0, 0.1) is 12.8 Å². The first-order valence-corrected chi connectivity index (χ1v) is 7.78. The summed E-state index contributed by atoms with van der Waals surface area (Å²) in [6.07, 6.45) is 6.85. The first-order valence-electron chi connectivity index (χ1n) is 7.78. The van der Waals surface area contributed by atoms with Crippen molar-refractivity contribution >= 4 is 0 Å². The van der Waals surface area contributed by atoms with Gasteiger partial charge in [0.15, 0.2) is 0 Å². The minimum absolute atomic E-state index is 0.429. The summed E-state index contributed by atoms with van der Waals surface area (Å²) >= 11 is 0. The zero-order chi connectivity index (χ0) is 13.2. The van der Waals surface area contributed by atoms with Crippen molar-refractivity contribution in [3.05, 3.63) is 29.3 Å². The van der Waals surface area contributed by atoms with Crippen LogP contribution < -0.4 is 10.1 Å². The van der Waals surface area contributed by atoms with E-state index in [0.29, 0.717) is 12.1 Å². The molecule has 1 heterocycles. The molecule has 1 fully saturated rings. The van der Waals surface area contributed by atoms with Crippen LogP contribution in [0.25, 0.3) is 0 Å². The van der Waals surface area contributed by atoms with Gasteiger partial charge in [-0.25, -0.2) is 0 Å². The monoisotopic (exact) mass is 259 g/mol. The van der Waals surface area contributed by atoms with Gasteiger partial charge in [-0.3, -0.25) is 0 Å². The Balaban J connectivity index is 1.82. The molecule has 2 aliphatic rings. The van der Waals surface area contributed by atoms with E-state index in [1.807, 2.05) is 0 Å². The van der Waals surface area contributed by atoms with Crippen LogP contribution in [0.1, 0.15) is 56.2 Å². The number of benzene rings is 1. The molecule has 0 spiro atoms. The maximum Gasteiger partial charge on any atom is 0.124 e.